The third-order valence-electron chi connectivity index (χ3n) is 6.45. The highest BCUT2D eigenvalue weighted by Crippen LogP contribution is 2.44. The van der Waals surface area contributed by atoms with Gasteiger partial charge in [0.1, 0.15) is 5.57 Å². The number of anilines is 2. The Morgan fingerprint density at radius 1 is 1.12 bits per heavy atom. The van der Waals surface area contributed by atoms with Crippen molar-refractivity contribution in [2.45, 2.75) is 45.6 Å². The number of carbonyl (C=O) groups is 3. The van der Waals surface area contributed by atoms with Gasteiger partial charge in [-0.15, -0.1) is 0 Å². The number of amides is 4. The highest BCUT2D eigenvalue weighted by Gasteiger charge is 2.38. The summed E-state index contributed by atoms with van der Waals surface area (Å²) in [4.78, 5) is 41.3. The number of hydrogen-bond acceptors (Lipinski definition) is 4. The summed E-state index contributed by atoms with van der Waals surface area (Å²) in [7, 11) is 2.04. The minimum absolute atomic E-state index is 0.0101. The standard InChI is InChI=1S/C25H26ClN3O3/c1-14-6-8-17(9-7-14)29-23(31)19(22(30)27-24(29)32)11-16-10-18-15(2)13-25(3,4)28(5)21(18)12-20(16)26/h6-12,15H,13H2,1-5H3,(H,27,30,32)/b19-11+/t15-/m0/s1. The molecule has 2 aliphatic rings. The van der Waals surface area contributed by atoms with Crippen LogP contribution >= 0.6 is 11.6 Å². The van der Waals surface area contributed by atoms with E-state index in [0.717, 1.165) is 28.1 Å². The van der Waals surface area contributed by atoms with E-state index >= 15 is 0 Å². The van der Waals surface area contributed by atoms with Crippen LogP contribution < -0.4 is 15.1 Å². The van der Waals surface area contributed by atoms with Gasteiger partial charge in [0.2, 0.25) is 0 Å². The van der Waals surface area contributed by atoms with Gasteiger partial charge in [-0.1, -0.05) is 36.2 Å². The lowest BCUT2D eigenvalue weighted by atomic mass is 9.80. The molecule has 0 unspecified atom stereocenters. The molecule has 2 aromatic rings. The van der Waals surface area contributed by atoms with E-state index in [9.17, 15) is 14.4 Å². The molecular weight excluding hydrogens is 426 g/mol. The number of fused-ring (bicyclic) bond motifs is 1. The Labute approximate surface area is 192 Å². The molecular formula is C25H26ClN3O3. The smallest absolute Gasteiger partial charge is 0.335 e. The molecule has 1 atom stereocenters. The van der Waals surface area contributed by atoms with Crippen LogP contribution in [0.4, 0.5) is 16.2 Å². The number of hydrogen-bond donors (Lipinski definition) is 1. The van der Waals surface area contributed by atoms with Crippen LogP contribution in [0.3, 0.4) is 0 Å². The van der Waals surface area contributed by atoms with Gasteiger partial charge < -0.3 is 4.90 Å². The van der Waals surface area contributed by atoms with Crippen molar-refractivity contribution in [2.24, 2.45) is 0 Å². The predicted octanol–water partition coefficient (Wildman–Crippen LogP) is 5.04. The Hall–Kier alpha value is -3.12. The van der Waals surface area contributed by atoms with Gasteiger partial charge in [0.05, 0.1) is 5.69 Å². The number of carbonyl (C=O) groups excluding carboxylic acids is 3. The van der Waals surface area contributed by atoms with Crippen LogP contribution in [0.2, 0.25) is 5.02 Å². The van der Waals surface area contributed by atoms with Crippen molar-refractivity contribution < 1.29 is 14.4 Å². The summed E-state index contributed by atoms with van der Waals surface area (Å²) in [5.74, 6) is -1.13. The molecule has 1 N–H and O–H groups in total. The first kappa shape index (κ1) is 22.1. The van der Waals surface area contributed by atoms with Crippen molar-refractivity contribution in [3.63, 3.8) is 0 Å². The van der Waals surface area contributed by atoms with E-state index in [0.29, 0.717) is 16.3 Å². The van der Waals surface area contributed by atoms with Crippen LogP contribution in [0.25, 0.3) is 6.08 Å². The normalized spacial score (nSPS) is 21.6. The van der Waals surface area contributed by atoms with Crippen LogP contribution in [-0.2, 0) is 9.59 Å². The van der Waals surface area contributed by atoms with E-state index in [4.69, 9.17) is 11.6 Å². The number of rotatable bonds is 2. The highest BCUT2D eigenvalue weighted by molar-refractivity contribution is 6.40. The number of nitrogens with zero attached hydrogens (tertiary/aromatic N) is 2. The zero-order valence-electron chi connectivity index (χ0n) is 18.8. The monoisotopic (exact) mass is 451 g/mol. The first-order valence-electron chi connectivity index (χ1n) is 10.5. The third kappa shape index (κ3) is 3.69. The van der Waals surface area contributed by atoms with E-state index in [1.807, 2.05) is 26.1 Å². The summed E-state index contributed by atoms with van der Waals surface area (Å²) in [6.07, 6.45) is 2.43. The SMILES string of the molecule is Cc1ccc(N2C(=O)NC(=O)/C(=C\c3cc4c(cc3Cl)N(C)C(C)(C)C[C@@H]4C)C2=O)cc1. The summed E-state index contributed by atoms with van der Waals surface area (Å²) in [6, 6.07) is 10.0. The van der Waals surface area contributed by atoms with Crippen molar-refractivity contribution in [2.75, 3.05) is 16.8 Å². The van der Waals surface area contributed by atoms with Crippen LogP contribution in [0.15, 0.2) is 42.0 Å². The maximum atomic E-state index is 13.2. The Morgan fingerprint density at radius 3 is 2.44 bits per heavy atom. The van der Waals surface area contributed by atoms with E-state index in [1.165, 1.54) is 6.08 Å². The number of imide groups is 2. The second-order valence-electron chi connectivity index (χ2n) is 9.20. The van der Waals surface area contributed by atoms with E-state index in [2.05, 4.69) is 31.0 Å². The molecule has 0 spiro atoms. The van der Waals surface area contributed by atoms with Crippen molar-refractivity contribution in [1.82, 2.24) is 5.32 Å². The molecule has 2 aliphatic heterocycles. The Bertz CT molecular complexity index is 1170. The van der Waals surface area contributed by atoms with E-state index in [1.54, 1.807) is 24.3 Å². The van der Waals surface area contributed by atoms with Crippen molar-refractivity contribution in [1.29, 1.82) is 0 Å². The molecule has 7 heteroatoms. The molecule has 32 heavy (non-hydrogen) atoms. The van der Waals surface area contributed by atoms with Crippen molar-refractivity contribution in [3.05, 3.63) is 63.7 Å². The topological polar surface area (TPSA) is 69.7 Å². The fourth-order valence-electron chi connectivity index (χ4n) is 4.46. The first-order chi connectivity index (χ1) is 15.0. The Kier molecular flexibility index (Phi) is 5.37. The van der Waals surface area contributed by atoms with Gasteiger partial charge in [0, 0.05) is 23.3 Å². The third-order valence-corrected chi connectivity index (χ3v) is 6.77. The second kappa shape index (κ2) is 7.78. The van der Waals surface area contributed by atoms with Gasteiger partial charge in [-0.25, -0.2) is 9.69 Å². The highest BCUT2D eigenvalue weighted by atomic mass is 35.5. The number of halogens is 1. The van der Waals surface area contributed by atoms with Crippen LogP contribution in [0.5, 0.6) is 0 Å². The largest absolute Gasteiger partial charge is 0.369 e. The van der Waals surface area contributed by atoms with Gasteiger partial charge in [0.25, 0.3) is 11.8 Å². The van der Waals surface area contributed by atoms with Gasteiger partial charge in [-0.05, 0) is 74.6 Å². The van der Waals surface area contributed by atoms with Gasteiger partial charge >= 0.3 is 6.03 Å². The Morgan fingerprint density at radius 2 is 1.78 bits per heavy atom. The lowest BCUT2D eigenvalue weighted by Crippen LogP contribution is -2.54. The quantitative estimate of drug-likeness (QED) is 0.513. The van der Waals surface area contributed by atoms with E-state index in [-0.39, 0.29) is 17.0 Å². The lowest BCUT2D eigenvalue weighted by molar-refractivity contribution is -0.122. The Balaban J connectivity index is 1.77. The average Bonchev–Trinajstić information content (AvgIpc) is 2.71. The molecule has 2 heterocycles. The van der Waals surface area contributed by atoms with Crippen molar-refractivity contribution in [3.8, 4) is 0 Å². The van der Waals surface area contributed by atoms with Crippen LogP contribution in [0.1, 0.15) is 49.8 Å². The fraction of sp³-hybridized carbons (Fsp3) is 0.320. The summed E-state index contributed by atoms with van der Waals surface area (Å²) in [5, 5.41) is 2.70. The first-order valence-corrected chi connectivity index (χ1v) is 10.9. The number of benzene rings is 2. The molecule has 0 aliphatic carbocycles. The molecule has 166 valence electrons. The zero-order valence-corrected chi connectivity index (χ0v) is 19.6. The van der Waals surface area contributed by atoms with E-state index < -0.39 is 17.8 Å². The average molecular weight is 452 g/mol. The fourth-order valence-corrected chi connectivity index (χ4v) is 4.67. The minimum Gasteiger partial charge on any atom is -0.369 e. The summed E-state index contributed by atoms with van der Waals surface area (Å²) in [5.41, 5.74) is 3.96. The molecule has 1 fully saturated rings. The molecule has 2 aromatic carbocycles. The van der Waals surface area contributed by atoms with Gasteiger partial charge in [-0.3, -0.25) is 14.9 Å². The van der Waals surface area contributed by atoms with Crippen molar-refractivity contribution >= 4 is 46.9 Å². The predicted molar refractivity (Wildman–Crippen MR) is 127 cm³/mol. The molecule has 6 nitrogen and oxygen atoms in total. The summed E-state index contributed by atoms with van der Waals surface area (Å²) >= 11 is 6.59. The number of aryl methyl sites for hydroxylation is 1. The number of barbiturate groups is 1. The molecule has 1 saturated heterocycles. The molecule has 4 rings (SSSR count). The van der Waals surface area contributed by atoms with Crippen LogP contribution in [-0.4, -0.2) is 30.4 Å². The number of urea groups is 1. The molecule has 0 bridgehead atoms. The zero-order chi connectivity index (χ0) is 23.4. The minimum atomic E-state index is -0.769. The molecule has 0 aromatic heterocycles. The van der Waals surface area contributed by atoms with Gasteiger partial charge in [-0.2, -0.15) is 0 Å². The van der Waals surface area contributed by atoms with Crippen LogP contribution in [0, 0.1) is 6.92 Å². The molecule has 4 amide bonds. The molecule has 0 radical (unpaired) electrons. The summed E-state index contributed by atoms with van der Waals surface area (Å²) in [6.45, 7) is 8.46. The maximum absolute atomic E-state index is 13.2. The summed E-state index contributed by atoms with van der Waals surface area (Å²) < 4.78 is 0. The van der Waals surface area contributed by atoms with Gasteiger partial charge in [0.15, 0.2) is 0 Å². The lowest BCUT2D eigenvalue weighted by Gasteiger charge is -2.45. The molecule has 0 saturated carbocycles. The second-order valence-corrected chi connectivity index (χ2v) is 9.61. The number of nitrogens with one attached hydrogen (secondary N) is 1. The maximum Gasteiger partial charge on any atom is 0.335 e.